The minimum Gasteiger partial charge on any atom is -0.325 e. The monoisotopic (exact) mass is 338 g/mol. The molecule has 0 aromatic heterocycles. The average Bonchev–Trinajstić information content (AvgIpc) is 2.57. The molecule has 0 unspecified atom stereocenters. The Kier molecular flexibility index (Phi) is 5.62. The lowest BCUT2D eigenvalue weighted by atomic mass is 9.90. The third-order valence-electron chi connectivity index (χ3n) is 4.36. The smallest absolute Gasteiger partial charge is 0.239 e. The molecule has 0 spiro atoms. The highest BCUT2D eigenvalue weighted by Gasteiger charge is 2.36. The molecule has 2 aromatic carbocycles. The maximum atomic E-state index is 12.8. The first-order valence-corrected chi connectivity index (χ1v) is 8.51. The molecule has 0 aliphatic carbocycles. The Morgan fingerprint density at radius 1 is 0.840 bits per heavy atom. The summed E-state index contributed by atoms with van der Waals surface area (Å²) in [5, 5.41) is 5.77. The topological polar surface area (TPSA) is 58.2 Å². The predicted octanol–water partition coefficient (Wildman–Crippen LogP) is 4.72. The van der Waals surface area contributed by atoms with Crippen molar-refractivity contribution in [3.63, 3.8) is 0 Å². The highest BCUT2D eigenvalue weighted by atomic mass is 16.2. The number of carbonyl (C=O) groups excluding carboxylic acids is 2. The first-order chi connectivity index (χ1) is 11.7. The molecule has 0 saturated carbocycles. The number of carbonyl (C=O) groups is 2. The van der Waals surface area contributed by atoms with E-state index in [1.54, 1.807) is 13.8 Å². The number of aryl methyl sites for hydroxylation is 1. The van der Waals surface area contributed by atoms with Crippen molar-refractivity contribution in [1.29, 1.82) is 0 Å². The quantitative estimate of drug-likeness (QED) is 0.775. The van der Waals surface area contributed by atoms with Gasteiger partial charge in [0.05, 0.1) is 0 Å². The number of benzene rings is 2. The maximum Gasteiger partial charge on any atom is 0.239 e. The van der Waals surface area contributed by atoms with Crippen molar-refractivity contribution < 1.29 is 9.59 Å². The normalized spacial score (nSPS) is 11.3. The molecule has 4 heteroatoms. The van der Waals surface area contributed by atoms with E-state index in [9.17, 15) is 9.59 Å². The van der Waals surface area contributed by atoms with Crippen LogP contribution in [0, 0.1) is 12.3 Å². The third-order valence-corrected chi connectivity index (χ3v) is 4.36. The molecule has 2 rings (SSSR count). The van der Waals surface area contributed by atoms with Gasteiger partial charge in [0, 0.05) is 11.4 Å². The van der Waals surface area contributed by atoms with E-state index in [-0.39, 0.29) is 17.7 Å². The highest BCUT2D eigenvalue weighted by molar-refractivity contribution is 6.14. The summed E-state index contributed by atoms with van der Waals surface area (Å²) >= 11 is 0. The van der Waals surface area contributed by atoms with Crippen molar-refractivity contribution in [2.75, 3.05) is 10.6 Å². The Morgan fingerprint density at radius 3 is 1.88 bits per heavy atom. The molecule has 0 aliphatic rings. The van der Waals surface area contributed by atoms with Crippen LogP contribution in [0.3, 0.4) is 0 Å². The fourth-order valence-electron chi connectivity index (χ4n) is 2.49. The Hall–Kier alpha value is -2.62. The molecular formula is C21H26N2O2. The number of rotatable bonds is 5. The van der Waals surface area contributed by atoms with Gasteiger partial charge in [-0.25, -0.2) is 0 Å². The lowest BCUT2D eigenvalue weighted by molar-refractivity contribution is -0.135. The molecule has 0 atom stereocenters. The fraction of sp³-hybridized carbons (Fsp3) is 0.333. The minimum absolute atomic E-state index is 0.278. The van der Waals surface area contributed by atoms with Gasteiger partial charge in [0.1, 0.15) is 5.41 Å². The standard InChI is InChI=1S/C21H26N2O2/c1-14(2)16-11-7-9-13-18(16)23-20(25)21(4,5)19(24)22-17-12-8-6-10-15(17)3/h6-14H,1-5H3,(H,22,24)(H,23,25). The predicted molar refractivity (Wildman–Crippen MR) is 103 cm³/mol. The van der Waals surface area contributed by atoms with Crippen LogP contribution in [0.2, 0.25) is 0 Å². The molecule has 25 heavy (non-hydrogen) atoms. The van der Waals surface area contributed by atoms with E-state index in [2.05, 4.69) is 24.5 Å². The van der Waals surface area contributed by atoms with Gasteiger partial charge < -0.3 is 10.6 Å². The molecule has 0 radical (unpaired) electrons. The number of nitrogens with one attached hydrogen (secondary N) is 2. The van der Waals surface area contributed by atoms with Crippen LogP contribution in [0.25, 0.3) is 0 Å². The summed E-state index contributed by atoms with van der Waals surface area (Å²) in [5.74, 6) is -0.381. The van der Waals surface area contributed by atoms with E-state index in [4.69, 9.17) is 0 Å². The average molecular weight is 338 g/mol. The van der Waals surface area contributed by atoms with E-state index in [1.807, 2.05) is 55.5 Å². The van der Waals surface area contributed by atoms with Crippen molar-refractivity contribution in [3.8, 4) is 0 Å². The van der Waals surface area contributed by atoms with Gasteiger partial charge in [-0.2, -0.15) is 0 Å². The first kappa shape index (κ1) is 18.7. The van der Waals surface area contributed by atoms with Crippen molar-refractivity contribution in [1.82, 2.24) is 0 Å². The van der Waals surface area contributed by atoms with Gasteiger partial charge in [-0.15, -0.1) is 0 Å². The van der Waals surface area contributed by atoms with Crippen molar-refractivity contribution in [2.24, 2.45) is 5.41 Å². The van der Waals surface area contributed by atoms with E-state index in [1.165, 1.54) is 0 Å². The summed E-state index contributed by atoms with van der Waals surface area (Å²) in [6, 6.07) is 15.2. The van der Waals surface area contributed by atoms with Gasteiger partial charge in [0.15, 0.2) is 0 Å². The summed E-state index contributed by atoms with van der Waals surface area (Å²) in [5.41, 5.74) is 2.27. The van der Waals surface area contributed by atoms with Gasteiger partial charge in [-0.1, -0.05) is 50.2 Å². The summed E-state index contributed by atoms with van der Waals surface area (Å²) < 4.78 is 0. The first-order valence-electron chi connectivity index (χ1n) is 8.51. The van der Waals surface area contributed by atoms with Gasteiger partial charge in [-0.3, -0.25) is 9.59 Å². The molecule has 0 bridgehead atoms. The summed E-state index contributed by atoms with van der Waals surface area (Å²) in [4.78, 5) is 25.4. The highest BCUT2D eigenvalue weighted by Crippen LogP contribution is 2.27. The van der Waals surface area contributed by atoms with Crippen molar-refractivity contribution in [2.45, 2.75) is 40.5 Å². The lowest BCUT2D eigenvalue weighted by Gasteiger charge is -2.24. The lowest BCUT2D eigenvalue weighted by Crippen LogP contribution is -2.41. The van der Waals surface area contributed by atoms with Crippen LogP contribution < -0.4 is 10.6 Å². The molecule has 0 saturated heterocycles. The number of para-hydroxylation sites is 2. The number of amides is 2. The summed E-state index contributed by atoms with van der Waals surface area (Å²) in [6.07, 6.45) is 0. The zero-order valence-corrected chi connectivity index (χ0v) is 15.5. The van der Waals surface area contributed by atoms with Crippen LogP contribution >= 0.6 is 0 Å². The van der Waals surface area contributed by atoms with Gasteiger partial charge in [0.25, 0.3) is 0 Å². The molecule has 2 amide bonds. The molecule has 0 heterocycles. The van der Waals surface area contributed by atoms with E-state index < -0.39 is 5.41 Å². The fourth-order valence-corrected chi connectivity index (χ4v) is 2.49. The molecule has 132 valence electrons. The zero-order valence-electron chi connectivity index (χ0n) is 15.5. The van der Waals surface area contributed by atoms with Gasteiger partial charge in [-0.05, 0) is 49.9 Å². The Labute approximate surface area is 149 Å². The van der Waals surface area contributed by atoms with E-state index >= 15 is 0 Å². The largest absolute Gasteiger partial charge is 0.325 e. The second kappa shape index (κ2) is 7.51. The molecule has 4 nitrogen and oxygen atoms in total. The molecular weight excluding hydrogens is 312 g/mol. The Bertz CT molecular complexity index is 779. The molecule has 2 aromatic rings. The second-order valence-corrected chi connectivity index (χ2v) is 7.09. The summed E-state index contributed by atoms with van der Waals surface area (Å²) in [7, 11) is 0. The number of hydrogen-bond acceptors (Lipinski definition) is 2. The Balaban J connectivity index is 2.17. The molecule has 2 N–H and O–H groups in total. The number of anilines is 2. The van der Waals surface area contributed by atoms with Crippen LogP contribution in [-0.4, -0.2) is 11.8 Å². The van der Waals surface area contributed by atoms with Crippen LogP contribution in [0.5, 0.6) is 0 Å². The SMILES string of the molecule is Cc1ccccc1NC(=O)C(C)(C)C(=O)Nc1ccccc1C(C)C. The van der Waals surface area contributed by atoms with Gasteiger partial charge in [0.2, 0.25) is 11.8 Å². The van der Waals surface area contributed by atoms with Crippen molar-refractivity contribution >= 4 is 23.2 Å². The molecule has 0 aliphatic heterocycles. The van der Waals surface area contributed by atoms with Crippen LogP contribution in [-0.2, 0) is 9.59 Å². The minimum atomic E-state index is -1.20. The third kappa shape index (κ3) is 4.27. The zero-order chi connectivity index (χ0) is 18.6. The van der Waals surface area contributed by atoms with Crippen LogP contribution in [0.1, 0.15) is 44.7 Å². The van der Waals surface area contributed by atoms with Crippen molar-refractivity contribution in [3.05, 3.63) is 59.7 Å². The van der Waals surface area contributed by atoms with Gasteiger partial charge >= 0.3 is 0 Å². The van der Waals surface area contributed by atoms with E-state index in [0.717, 1.165) is 22.5 Å². The van der Waals surface area contributed by atoms with E-state index in [0.29, 0.717) is 0 Å². The number of hydrogen-bond donors (Lipinski definition) is 2. The second-order valence-electron chi connectivity index (χ2n) is 7.09. The van der Waals surface area contributed by atoms with Crippen LogP contribution in [0.15, 0.2) is 48.5 Å². The maximum absolute atomic E-state index is 12.8. The van der Waals surface area contributed by atoms with Crippen LogP contribution in [0.4, 0.5) is 11.4 Å². The summed E-state index contributed by atoms with van der Waals surface area (Å²) in [6.45, 7) is 9.32. The molecule has 0 fully saturated rings. The Morgan fingerprint density at radius 2 is 1.32 bits per heavy atom.